The fourth-order valence-electron chi connectivity index (χ4n) is 2.90. The zero-order valence-electron chi connectivity index (χ0n) is 10.8. The number of β-amino-alcohol motifs (C(OH)–C–C–N with tert-alkyl or cyclic N) is 1. The first kappa shape index (κ1) is 13.3. The van der Waals surface area contributed by atoms with Crippen molar-refractivity contribution in [1.29, 1.82) is 0 Å². The Balaban J connectivity index is 1.90. The summed E-state index contributed by atoms with van der Waals surface area (Å²) in [5.74, 6) is 0.408. The van der Waals surface area contributed by atoms with Crippen molar-refractivity contribution in [2.24, 2.45) is 11.3 Å². The maximum absolute atomic E-state index is 9.91. The Bertz CT molecular complexity index is 241. The van der Waals surface area contributed by atoms with E-state index in [1.54, 1.807) is 0 Å². The fourth-order valence-corrected chi connectivity index (χ4v) is 2.90. The van der Waals surface area contributed by atoms with E-state index in [0.717, 1.165) is 52.1 Å². The Morgan fingerprint density at radius 1 is 1.35 bits per heavy atom. The number of likely N-dealkylation sites (tertiary alicyclic amines) is 1. The molecule has 0 amide bonds. The highest BCUT2D eigenvalue weighted by molar-refractivity contribution is 4.87. The lowest BCUT2D eigenvalue weighted by Crippen LogP contribution is -2.50. The molecular weight excluding hydrogens is 218 g/mol. The molecule has 0 saturated carbocycles. The predicted molar refractivity (Wildman–Crippen MR) is 65.8 cm³/mol. The molecule has 2 heterocycles. The van der Waals surface area contributed by atoms with Gasteiger partial charge in [0.15, 0.2) is 0 Å². The van der Waals surface area contributed by atoms with Crippen LogP contribution in [0.25, 0.3) is 0 Å². The van der Waals surface area contributed by atoms with Crippen molar-refractivity contribution in [3.63, 3.8) is 0 Å². The molecule has 2 fully saturated rings. The molecule has 0 aromatic carbocycles. The zero-order chi connectivity index (χ0) is 12.3. The molecule has 4 heteroatoms. The molecule has 2 saturated heterocycles. The van der Waals surface area contributed by atoms with Crippen LogP contribution in [0.2, 0.25) is 0 Å². The van der Waals surface area contributed by atoms with Crippen LogP contribution in [0, 0.1) is 11.3 Å². The lowest BCUT2D eigenvalue weighted by Gasteiger charge is -2.43. The third-order valence-corrected chi connectivity index (χ3v) is 4.45. The summed E-state index contributed by atoms with van der Waals surface area (Å²) in [5.41, 5.74) is -0.00144. The highest BCUT2D eigenvalue weighted by atomic mass is 16.5. The van der Waals surface area contributed by atoms with Crippen LogP contribution in [-0.4, -0.2) is 60.7 Å². The highest BCUT2D eigenvalue weighted by Gasteiger charge is 2.36. The molecule has 2 aliphatic heterocycles. The van der Waals surface area contributed by atoms with Crippen molar-refractivity contribution >= 4 is 0 Å². The summed E-state index contributed by atoms with van der Waals surface area (Å²) in [6.45, 7) is 6.55. The van der Waals surface area contributed by atoms with Gasteiger partial charge in [0.05, 0.1) is 12.7 Å². The molecule has 2 atom stereocenters. The lowest BCUT2D eigenvalue weighted by atomic mass is 9.80. The largest absolute Gasteiger partial charge is 0.396 e. The number of ether oxygens (including phenoxy) is 1. The van der Waals surface area contributed by atoms with Gasteiger partial charge in [0.1, 0.15) is 0 Å². The minimum absolute atomic E-state index is 0.00144. The number of rotatable bonds is 3. The van der Waals surface area contributed by atoms with E-state index in [1.165, 1.54) is 0 Å². The first-order valence-corrected chi connectivity index (χ1v) is 6.74. The summed E-state index contributed by atoms with van der Waals surface area (Å²) in [4.78, 5) is 2.31. The smallest absolute Gasteiger partial charge is 0.0693 e. The van der Waals surface area contributed by atoms with E-state index in [1.807, 2.05) is 0 Å². The third-order valence-electron chi connectivity index (χ3n) is 4.45. The molecule has 2 aliphatic rings. The van der Waals surface area contributed by atoms with Gasteiger partial charge in [0.2, 0.25) is 0 Å². The molecular formula is C13H25NO3. The minimum atomic E-state index is -0.209. The van der Waals surface area contributed by atoms with Crippen molar-refractivity contribution in [3.05, 3.63) is 0 Å². The van der Waals surface area contributed by atoms with Crippen LogP contribution in [0.1, 0.15) is 26.2 Å². The van der Waals surface area contributed by atoms with Crippen molar-refractivity contribution in [2.75, 3.05) is 39.5 Å². The topological polar surface area (TPSA) is 52.9 Å². The number of hydrogen-bond donors (Lipinski definition) is 2. The number of piperidine rings is 1. The van der Waals surface area contributed by atoms with Crippen LogP contribution >= 0.6 is 0 Å². The predicted octanol–water partition coefficient (Wildman–Crippen LogP) is 0.478. The van der Waals surface area contributed by atoms with Gasteiger partial charge < -0.3 is 19.8 Å². The summed E-state index contributed by atoms with van der Waals surface area (Å²) < 4.78 is 5.37. The van der Waals surface area contributed by atoms with Gasteiger partial charge in [-0.2, -0.15) is 0 Å². The van der Waals surface area contributed by atoms with Crippen LogP contribution in [0.5, 0.6) is 0 Å². The lowest BCUT2D eigenvalue weighted by molar-refractivity contribution is -0.0526. The Hall–Kier alpha value is -0.160. The van der Waals surface area contributed by atoms with Crippen molar-refractivity contribution < 1.29 is 14.9 Å². The Labute approximate surface area is 104 Å². The second kappa shape index (κ2) is 5.65. The van der Waals surface area contributed by atoms with Crippen molar-refractivity contribution in [2.45, 2.75) is 32.3 Å². The normalized spacial score (nSPS) is 34.8. The van der Waals surface area contributed by atoms with Gasteiger partial charge >= 0.3 is 0 Å². The molecule has 0 bridgehead atoms. The van der Waals surface area contributed by atoms with Gasteiger partial charge in [-0.1, -0.05) is 6.92 Å². The summed E-state index contributed by atoms with van der Waals surface area (Å²) in [5, 5.41) is 19.6. The number of nitrogens with zero attached hydrogens (tertiary/aromatic N) is 1. The zero-order valence-corrected chi connectivity index (χ0v) is 10.8. The first-order valence-electron chi connectivity index (χ1n) is 6.74. The quantitative estimate of drug-likeness (QED) is 0.757. The Morgan fingerprint density at radius 2 is 2.06 bits per heavy atom. The van der Waals surface area contributed by atoms with Gasteiger partial charge in [0.25, 0.3) is 0 Å². The summed E-state index contributed by atoms with van der Waals surface area (Å²) in [7, 11) is 0. The Morgan fingerprint density at radius 3 is 2.65 bits per heavy atom. The average molecular weight is 243 g/mol. The SMILES string of the molecule is CC1CCN(CC2(CO)CCOCC2)CC1O. The molecule has 2 rings (SSSR count). The third kappa shape index (κ3) is 3.19. The van der Waals surface area contributed by atoms with Crippen LogP contribution in [0.3, 0.4) is 0 Å². The summed E-state index contributed by atoms with van der Waals surface area (Å²) in [6, 6.07) is 0. The monoisotopic (exact) mass is 243 g/mol. The van der Waals surface area contributed by atoms with Crippen molar-refractivity contribution in [3.8, 4) is 0 Å². The summed E-state index contributed by atoms with van der Waals surface area (Å²) in [6.07, 6.45) is 2.72. The van der Waals surface area contributed by atoms with Crippen LogP contribution < -0.4 is 0 Å². The molecule has 0 aromatic heterocycles. The standard InChI is InChI=1S/C13H25NO3/c1-11-2-5-14(8-12(11)16)9-13(10-15)3-6-17-7-4-13/h11-12,15-16H,2-10H2,1H3. The van der Waals surface area contributed by atoms with Gasteiger partial charge in [-0.05, 0) is 31.7 Å². The van der Waals surface area contributed by atoms with Crippen LogP contribution in [0.4, 0.5) is 0 Å². The maximum atomic E-state index is 9.91. The van der Waals surface area contributed by atoms with E-state index < -0.39 is 0 Å². The van der Waals surface area contributed by atoms with E-state index in [-0.39, 0.29) is 18.1 Å². The molecule has 17 heavy (non-hydrogen) atoms. The number of aliphatic hydroxyl groups excluding tert-OH is 2. The molecule has 4 nitrogen and oxygen atoms in total. The first-order chi connectivity index (χ1) is 8.15. The molecule has 0 spiro atoms. The van der Waals surface area contributed by atoms with E-state index in [0.29, 0.717) is 5.92 Å². The van der Waals surface area contributed by atoms with E-state index in [4.69, 9.17) is 4.74 Å². The molecule has 2 unspecified atom stereocenters. The van der Waals surface area contributed by atoms with E-state index in [2.05, 4.69) is 11.8 Å². The van der Waals surface area contributed by atoms with Gasteiger partial charge in [-0.15, -0.1) is 0 Å². The molecule has 0 aliphatic carbocycles. The van der Waals surface area contributed by atoms with Crippen LogP contribution in [-0.2, 0) is 4.74 Å². The Kier molecular flexibility index (Phi) is 4.42. The van der Waals surface area contributed by atoms with E-state index in [9.17, 15) is 10.2 Å². The number of hydrogen-bond acceptors (Lipinski definition) is 4. The van der Waals surface area contributed by atoms with Crippen molar-refractivity contribution in [1.82, 2.24) is 4.90 Å². The molecule has 2 N–H and O–H groups in total. The minimum Gasteiger partial charge on any atom is -0.396 e. The molecule has 0 radical (unpaired) electrons. The fraction of sp³-hybridized carbons (Fsp3) is 1.00. The van der Waals surface area contributed by atoms with Gasteiger partial charge in [0, 0.05) is 31.7 Å². The average Bonchev–Trinajstić information content (AvgIpc) is 2.35. The molecule has 100 valence electrons. The maximum Gasteiger partial charge on any atom is 0.0693 e. The van der Waals surface area contributed by atoms with E-state index >= 15 is 0 Å². The number of aliphatic hydroxyl groups is 2. The summed E-state index contributed by atoms with van der Waals surface area (Å²) >= 11 is 0. The molecule has 0 aromatic rings. The van der Waals surface area contributed by atoms with Gasteiger partial charge in [-0.3, -0.25) is 0 Å². The highest BCUT2D eigenvalue weighted by Crippen LogP contribution is 2.32. The van der Waals surface area contributed by atoms with Crippen LogP contribution in [0.15, 0.2) is 0 Å². The second-order valence-electron chi connectivity index (χ2n) is 5.84. The van der Waals surface area contributed by atoms with Gasteiger partial charge in [-0.25, -0.2) is 0 Å². The second-order valence-corrected chi connectivity index (χ2v) is 5.84.